The van der Waals surface area contributed by atoms with Crippen LogP contribution in [0.25, 0.3) is 21.8 Å². The molecule has 22 heavy (non-hydrogen) atoms. The van der Waals surface area contributed by atoms with E-state index in [9.17, 15) is 0 Å². The van der Waals surface area contributed by atoms with E-state index in [1.807, 2.05) is 48.5 Å². The van der Waals surface area contributed by atoms with Crippen LogP contribution in [0.2, 0.25) is 0 Å². The van der Waals surface area contributed by atoms with Gasteiger partial charge >= 0.3 is 0 Å². The van der Waals surface area contributed by atoms with Crippen molar-refractivity contribution in [1.82, 2.24) is 4.98 Å². The van der Waals surface area contributed by atoms with Crippen molar-refractivity contribution >= 4 is 11.3 Å². The quantitative estimate of drug-likeness (QED) is 0.691. The third-order valence-corrected chi connectivity index (χ3v) is 4.12. The Morgan fingerprint density at radius 3 is 1.77 bits per heavy atom. The summed E-state index contributed by atoms with van der Waals surface area (Å²) in [4.78, 5) is 4.70. The third-order valence-electron chi connectivity index (χ3n) is 3.23. The molecule has 0 fully saturated rings. The molecule has 0 atom stereocenters. The zero-order valence-electron chi connectivity index (χ0n) is 12.2. The molecule has 0 spiro atoms. The van der Waals surface area contributed by atoms with E-state index in [1.54, 1.807) is 25.6 Å². The van der Waals surface area contributed by atoms with Gasteiger partial charge < -0.3 is 26.5 Å². The predicted octanol–water partition coefficient (Wildman–Crippen LogP) is 1.50. The zero-order valence-corrected chi connectivity index (χ0v) is 14.6. The molecular weight excluding hydrogens is 362 g/mol. The Bertz CT molecular complexity index is 661. The van der Waals surface area contributed by atoms with E-state index < -0.39 is 0 Å². The van der Waals surface area contributed by atoms with Crippen LogP contribution in [-0.2, 0) is 0 Å². The number of nitrogens with zero attached hydrogens (tertiary/aromatic N) is 1. The lowest BCUT2D eigenvalue weighted by Gasteiger charge is -2.01. The van der Waals surface area contributed by atoms with Gasteiger partial charge in [0, 0.05) is 16.5 Å². The van der Waals surface area contributed by atoms with E-state index in [0.29, 0.717) is 0 Å². The number of hydrogen-bond acceptors (Lipinski definition) is 4. The SMILES string of the molecule is COc1ccc(-c2csc(-c3ccc(OC)cc3)n2)cc1.[Br-]. The Kier molecular flexibility index (Phi) is 5.57. The zero-order chi connectivity index (χ0) is 14.7. The number of rotatable bonds is 4. The van der Waals surface area contributed by atoms with Crippen molar-refractivity contribution < 1.29 is 26.5 Å². The van der Waals surface area contributed by atoms with Crippen LogP contribution in [0.15, 0.2) is 53.9 Å². The highest BCUT2D eigenvalue weighted by Gasteiger charge is 2.07. The van der Waals surface area contributed by atoms with Crippen LogP contribution < -0.4 is 26.5 Å². The van der Waals surface area contributed by atoms with Gasteiger partial charge in [0.2, 0.25) is 0 Å². The lowest BCUT2D eigenvalue weighted by atomic mass is 10.1. The Morgan fingerprint density at radius 1 is 0.773 bits per heavy atom. The van der Waals surface area contributed by atoms with Crippen molar-refractivity contribution in [2.24, 2.45) is 0 Å². The van der Waals surface area contributed by atoms with Crippen LogP contribution in [0.4, 0.5) is 0 Å². The minimum atomic E-state index is 0. The van der Waals surface area contributed by atoms with Gasteiger partial charge in [-0.15, -0.1) is 11.3 Å². The second kappa shape index (κ2) is 7.42. The van der Waals surface area contributed by atoms with Crippen molar-refractivity contribution in [3.63, 3.8) is 0 Å². The summed E-state index contributed by atoms with van der Waals surface area (Å²) < 4.78 is 10.3. The highest BCUT2D eigenvalue weighted by atomic mass is 79.9. The molecule has 3 aromatic rings. The maximum atomic E-state index is 5.17. The third kappa shape index (κ3) is 3.48. The minimum absolute atomic E-state index is 0. The van der Waals surface area contributed by atoms with Gasteiger partial charge in [-0.2, -0.15) is 0 Å². The predicted molar refractivity (Wildman–Crippen MR) is 86.1 cm³/mol. The van der Waals surface area contributed by atoms with Gasteiger partial charge in [-0.1, -0.05) is 0 Å². The Labute approximate surface area is 144 Å². The summed E-state index contributed by atoms with van der Waals surface area (Å²) in [6.07, 6.45) is 0. The molecule has 0 radical (unpaired) electrons. The van der Waals surface area contributed by atoms with Crippen LogP contribution in [0.1, 0.15) is 0 Å². The van der Waals surface area contributed by atoms with E-state index in [4.69, 9.17) is 14.5 Å². The van der Waals surface area contributed by atoms with E-state index in [0.717, 1.165) is 33.3 Å². The van der Waals surface area contributed by atoms with Gasteiger partial charge in [0.15, 0.2) is 0 Å². The van der Waals surface area contributed by atoms with E-state index in [2.05, 4.69) is 5.38 Å². The smallest absolute Gasteiger partial charge is 0.124 e. The van der Waals surface area contributed by atoms with Gasteiger partial charge in [-0.05, 0) is 48.5 Å². The molecule has 0 saturated carbocycles. The van der Waals surface area contributed by atoms with Crippen molar-refractivity contribution in [1.29, 1.82) is 0 Å². The first kappa shape index (κ1) is 16.5. The molecule has 114 valence electrons. The van der Waals surface area contributed by atoms with Gasteiger partial charge in [0.1, 0.15) is 16.5 Å². The topological polar surface area (TPSA) is 31.4 Å². The molecular formula is C17H15BrNO2S-. The van der Waals surface area contributed by atoms with Crippen LogP contribution >= 0.6 is 11.3 Å². The Morgan fingerprint density at radius 2 is 1.27 bits per heavy atom. The number of ether oxygens (including phenoxy) is 2. The van der Waals surface area contributed by atoms with E-state index >= 15 is 0 Å². The number of benzene rings is 2. The standard InChI is InChI=1S/C17H15NO2S.BrH/c1-19-14-7-3-12(4-8-14)16-11-21-17(18-16)13-5-9-15(20-2)10-6-13;/h3-11H,1-2H3;1H/p-1. The second-order valence-electron chi connectivity index (χ2n) is 4.49. The molecule has 0 aliphatic heterocycles. The molecule has 5 heteroatoms. The van der Waals surface area contributed by atoms with Crippen LogP contribution in [0.5, 0.6) is 11.5 Å². The van der Waals surface area contributed by atoms with Crippen LogP contribution in [-0.4, -0.2) is 19.2 Å². The van der Waals surface area contributed by atoms with Gasteiger partial charge in [-0.25, -0.2) is 4.98 Å². The fourth-order valence-corrected chi connectivity index (χ4v) is 2.87. The highest BCUT2D eigenvalue weighted by molar-refractivity contribution is 7.13. The summed E-state index contributed by atoms with van der Waals surface area (Å²) in [5.41, 5.74) is 3.17. The van der Waals surface area contributed by atoms with E-state index in [-0.39, 0.29) is 17.0 Å². The average molecular weight is 377 g/mol. The molecule has 0 saturated heterocycles. The van der Waals surface area contributed by atoms with Crippen molar-refractivity contribution in [2.45, 2.75) is 0 Å². The maximum Gasteiger partial charge on any atom is 0.124 e. The molecule has 1 heterocycles. The molecule has 3 nitrogen and oxygen atoms in total. The maximum absolute atomic E-state index is 5.17. The molecule has 0 aliphatic rings. The Balaban J connectivity index is 0.00000176. The number of halogens is 1. The number of methoxy groups -OCH3 is 2. The summed E-state index contributed by atoms with van der Waals surface area (Å²) in [6, 6.07) is 15.9. The number of thiazole rings is 1. The van der Waals surface area contributed by atoms with Crippen LogP contribution in [0.3, 0.4) is 0 Å². The summed E-state index contributed by atoms with van der Waals surface area (Å²) in [5.74, 6) is 1.70. The molecule has 0 N–H and O–H groups in total. The molecule has 0 unspecified atom stereocenters. The van der Waals surface area contributed by atoms with E-state index in [1.165, 1.54) is 0 Å². The average Bonchev–Trinajstić information content (AvgIpc) is 3.05. The van der Waals surface area contributed by atoms with Gasteiger partial charge in [0.05, 0.1) is 19.9 Å². The molecule has 1 aromatic heterocycles. The van der Waals surface area contributed by atoms with Crippen molar-refractivity contribution in [3.8, 4) is 33.3 Å². The van der Waals surface area contributed by atoms with Gasteiger partial charge in [-0.3, -0.25) is 0 Å². The van der Waals surface area contributed by atoms with Crippen molar-refractivity contribution in [2.75, 3.05) is 14.2 Å². The lowest BCUT2D eigenvalue weighted by Crippen LogP contribution is -3.00. The largest absolute Gasteiger partial charge is 1.00 e. The minimum Gasteiger partial charge on any atom is -1.00 e. The fraction of sp³-hybridized carbons (Fsp3) is 0.118. The fourth-order valence-electron chi connectivity index (χ4n) is 2.03. The highest BCUT2D eigenvalue weighted by Crippen LogP contribution is 2.30. The lowest BCUT2D eigenvalue weighted by molar-refractivity contribution is -0.00000476. The van der Waals surface area contributed by atoms with Crippen molar-refractivity contribution in [3.05, 3.63) is 53.9 Å². The summed E-state index contributed by atoms with van der Waals surface area (Å²) >= 11 is 1.64. The van der Waals surface area contributed by atoms with Crippen LogP contribution in [0, 0.1) is 0 Å². The monoisotopic (exact) mass is 376 g/mol. The Hall–Kier alpha value is -1.85. The summed E-state index contributed by atoms with van der Waals surface area (Å²) in [6.45, 7) is 0. The van der Waals surface area contributed by atoms with Gasteiger partial charge in [0.25, 0.3) is 0 Å². The normalized spacial score (nSPS) is 9.91. The first-order chi connectivity index (χ1) is 10.3. The second-order valence-corrected chi connectivity index (χ2v) is 5.35. The number of aromatic nitrogens is 1. The molecule has 0 amide bonds. The molecule has 2 aromatic carbocycles. The first-order valence-electron chi connectivity index (χ1n) is 6.54. The number of hydrogen-bond donors (Lipinski definition) is 0. The summed E-state index contributed by atoms with van der Waals surface area (Å²) in [5, 5.41) is 3.07. The molecule has 0 bridgehead atoms. The molecule has 3 rings (SSSR count). The summed E-state index contributed by atoms with van der Waals surface area (Å²) in [7, 11) is 3.33. The first-order valence-corrected chi connectivity index (χ1v) is 7.42. The molecule has 0 aliphatic carbocycles.